The fraction of sp³-hybridized carbons (Fsp3) is 0.412. The van der Waals surface area contributed by atoms with E-state index in [4.69, 9.17) is 9.47 Å². The monoisotopic (exact) mass is 521 g/mol. The van der Waals surface area contributed by atoms with E-state index in [2.05, 4.69) is 38.2 Å². The normalized spacial score (nSPS) is 39.4. The summed E-state index contributed by atoms with van der Waals surface area (Å²) < 4.78 is 13.0. The number of fused-ring (bicyclic) bond motifs is 9. The molecule has 39 heavy (non-hydrogen) atoms. The topological polar surface area (TPSA) is 64.6 Å². The largest absolute Gasteiger partial charge is 0.453 e. The van der Waals surface area contributed by atoms with Gasteiger partial charge in [0.1, 0.15) is 0 Å². The molecule has 0 aromatic heterocycles. The van der Waals surface area contributed by atoms with Gasteiger partial charge in [-0.1, -0.05) is 80.6 Å². The van der Waals surface area contributed by atoms with Crippen LogP contribution in [0.1, 0.15) is 66.3 Å². The fourth-order valence-corrected chi connectivity index (χ4v) is 9.52. The molecule has 1 N–H and O–H groups in total. The molecule has 7 rings (SSSR count). The summed E-state index contributed by atoms with van der Waals surface area (Å²) in [6.45, 7) is 7.03. The lowest BCUT2D eigenvalue weighted by Crippen LogP contribution is -2.62. The number of nitrogens with one attached hydrogen (secondary N) is 1. The summed E-state index contributed by atoms with van der Waals surface area (Å²) in [5.41, 5.74) is 1.03. The van der Waals surface area contributed by atoms with Crippen molar-refractivity contribution >= 4 is 11.9 Å². The first-order valence-electron chi connectivity index (χ1n) is 14.1. The molecule has 5 heteroatoms. The molecule has 2 heterocycles. The number of rotatable bonds is 5. The van der Waals surface area contributed by atoms with Gasteiger partial charge >= 0.3 is 11.9 Å². The van der Waals surface area contributed by atoms with E-state index in [9.17, 15) is 9.59 Å². The summed E-state index contributed by atoms with van der Waals surface area (Å²) >= 11 is 0. The van der Waals surface area contributed by atoms with E-state index in [1.165, 1.54) is 0 Å². The number of benzene rings is 3. The van der Waals surface area contributed by atoms with E-state index >= 15 is 0 Å². The van der Waals surface area contributed by atoms with Gasteiger partial charge in [0.25, 0.3) is 0 Å². The molecule has 4 aliphatic rings. The van der Waals surface area contributed by atoms with Crippen LogP contribution >= 0.6 is 0 Å². The Kier molecular flexibility index (Phi) is 5.22. The number of carbonyl (C=O) groups is 2. The third kappa shape index (κ3) is 3.29. The molecule has 2 saturated heterocycles. The van der Waals surface area contributed by atoms with Crippen LogP contribution in [0.4, 0.5) is 0 Å². The predicted molar refractivity (Wildman–Crippen MR) is 148 cm³/mol. The summed E-state index contributed by atoms with van der Waals surface area (Å²) in [5, 5.41) is 4.05. The van der Waals surface area contributed by atoms with E-state index in [0.29, 0.717) is 11.1 Å². The molecule has 0 radical (unpaired) electrons. The van der Waals surface area contributed by atoms with Crippen LogP contribution in [0.5, 0.6) is 0 Å². The minimum absolute atomic E-state index is 0.0891. The van der Waals surface area contributed by atoms with E-state index in [-0.39, 0.29) is 22.7 Å². The van der Waals surface area contributed by atoms with Crippen molar-refractivity contribution in [3.05, 3.63) is 108 Å². The van der Waals surface area contributed by atoms with Gasteiger partial charge in [0, 0.05) is 0 Å². The molecule has 3 aromatic carbocycles. The zero-order chi connectivity index (χ0) is 27.0. The third-order valence-corrected chi connectivity index (χ3v) is 10.6. The van der Waals surface area contributed by atoms with Gasteiger partial charge in [0.15, 0.2) is 12.2 Å². The third-order valence-electron chi connectivity index (χ3n) is 10.6. The Balaban J connectivity index is 1.40. The molecule has 0 spiro atoms. The maximum atomic E-state index is 13.7. The Bertz CT molecular complexity index is 1430. The van der Waals surface area contributed by atoms with Crippen molar-refractivity contribution in [3.8, 4) is 0 Å². The van der Waals surface area contributed by atoms with Gasteiger partial charge in [-0.3, -0.25) is 5.32 Å². The molecule has 3 aromatic rings. The van der Waals surface area contributed by atoms with Crippen molar-refractivity contribution in [1.29, 1.82) is 0 Å². The lowest BCUT2D eigenvalue weighted by Gasteiger charge is -2.53. The molecule has 2 aliphatic carbocycles. The number of hydrogen-bond acceptors (Lipinski definition) is 5. The second kappa shape index (κ2) is 8.28. The molecular weight excluding hydrogens is 486 g/mol. The SMILES string of the molecule is CC12CCC(C)(C1)C1C2C2(C)NC1(c1ccccc1)C(OC(=O)c1ccccc1)C2OC(=O)c1ccccc1. The van der Waals surface area contributed by atoms with Crippen LogP contribution < -0.4 is 5.32 Å². The summed E-state index contributed by atoms with van der Waals surface area (Å²) in [5.74, 6) is -0.289. The van der Waals surface area contributed by atoms with Gasteiger partial charge in [0.05, 0.1) is 22.2 Å². The summed E-state index contributed by atoms with van der Waals surface area (Å²) in [4.78, 5) is 27.2. The average Bonchev–Trinajstić information content (AvgIpc) is 3.60. The van der Waals surface area contributed by atoms with Crippen LogP contribution in [-0.4, -0.2) is 29.7 Å². The smallest absolute Gasteiger partial charge is 0.338 e. The minimum Gasteiger partial charge on any atom is -0.453 e. The van der Waals surface area contributed by atoms with Crippen LogP contribution in [0.15, 0.2) is 91.0 Å². The highest BCUT2D eigenvalue weighted by Gasteiger charge is 2.84. The van der Waals surface area contributed by atoms with E-state index < -0.39 is 35.2 Å². The van der Waals surface area contributed by atoms with Gasteiger partial charge in [-0.05, 0) is 78.7 Å². The second-order valence-corrected chi connectivity index (χ2v) is 13.0. The number of hydrogen-bond donors (Lipinski definition) is 1. The number of ether oxygens (including phenoxy) is 2. The van der Waals surface area contributed by atoms with Crippen molar-refractivity contribution in [2.45, 2.75) is 63.3 Å². The lowest BCUT2D eigenvalue weighted by atomic mass is 9.52. The van der Waals surface area contributed by atoms with Crippen LogP contribution in [0.25, 0.3) is 0 Å². The molecular formula is C34H35NO4. The van der Waals surface area contributed by atoms with Gasteiger partial charge in [-0.25, -0.2) is 9.59 Å². The van der Waals surface area contributed by atoms with Gasteiger partial charge < -0.3 is 9.47 Å². The van der Waals surface area contributed by atoms with Crippen LogP contribution in [0, 0.1) is 22.7 Å². The fourth-order valence-electron chi connectivity index (χ4n) is 9.52. The first-order valence-corrected chi connectivity index (χ1v) is 14.1. The molecule has 5 nitrogen and oxygen atoms in total. The Labute approximate surface area is 229 Å². The standard InChI is InChI=1S/C34H35NO4/c1-31-19-20-32(2,21-31)26-25(31)33(3)27(38-29(36)22-13-7-4-8-14-22)28(39-30(37)23-15-9-5-10-16-23)34(26,35-33)24-17-11-6-12-18-24/h4-18,25-28,35H,19-21H2,1-3H3. The number of esters is 2. The highest BCUT2D eigenvalue weighted by Crippen LogP contribution is 2.79. The maximum Gasteiger partial charge on any atom is 0.338 e. The quantitative estimate of drug-likeness (QED) is 0.408. The predicted octanol–water partition coefficient (Wildman–Crippen LogP) is 6.15. The highest BCUT2D eigenvalue weighted by molar-refractivity contribution is 5.90. The Morgan fingerprint density at radius 2 is 1.13 bits per heavy atom. The molecule has 8 unspecified atom stereocenters. The van der Waals surface area contributed by atoms with Crippen molar-refractivity contribution in [2.75, 3.05) is 0 Å². The number of carbonyl (C=O) groups excluding carboxylic acids is 2. The second-order valence-electron chi connectivity index (χ2n) is 13.0. The molecule has 200 valence electrons. The van der Waals surface area contributed by atoms with E-state index in [0.717, 1.165) is 24.8 Å². The summed E-state index contributed by atoms with van der Waals surface area (Å²) in [6, 6.07) is 28.6. The molecule has 8 atom stereocenters. The minimum atomic E-state index is -0.689. The van der Waals surface area contributed by atoms with Crippen molar-refractivity contribution in [1.82, 2.24) is 5.32 Å². The molecule has 0 amide bonds. The van der Waals surface area contributed by atoms with Crippen LogP contribution in [0.3, 0.4) is 0 Å². The Hall–Kier alpha value is -3.44. The highest BCUT2D eigenvalue weighted by atomic mass is 16.6. The van der Waals surface area contributed by atoms with Crippen molar-refractivity contribution < 1.29 is 19.1 Å². The van der Waals surface area contributed by atoms with Crippen LogP contribution in [0.2, 0.25) is 0 Å². The Morgan fingerprint density at radius 3 is 1.67 bits per heavy atom. The zero-order valence-corrected chi connectivity index (χ0v) is 22.7. The van der Waals surface area contributed by atoms with Gasteiger partial charge in [-0.15, -0.1) is 0 Å². The molecule has 2 saturated carbocycles. The van der Waals surface area contributed by atoms with Gasteiger partial charge in [0.2, 0.25) is 0 Å². The van der Waals surface area contributed by atoms with E-state index in [1.54, 1.807) is 24.3 Å². The average molecular weight is 522 g/mol. The van der Waals surface area contributed by atoms with E-state index in [1.807, 2.05) is 54.6 Å². The van der Waals surface area contributed by atoms with Crippen molar-refractivity contribution in [3.63, 3.8) is 0 Å². The maximum absolute atomic E-state index is 13.7. The molecule has 4 bridgehead atoms. The summed E-state index contributed by atoms with van der Waals surface area (Å²) in [7, 11) is 0. The van der Waals surface area contributed by atoms with Crippen molar-refractivity contribution in [2.24, 2.45) is 22.7 Å². The molecule has 4 fully saturated rings. The first-order chi connectivity index (χ1) is 18.7. The first kappa shape index (κ1) is 24.6. The van der Waals surface area contributed by atoms with Gasteiger partial charge in [-0.2, -0.15) is 0 Å². The zero-order valence-electron chi connectivity index (χ0n) is 22.7. The molecule has 2 aliphatic heterocycles. The lowest BCUT2D eigenvalue weighted by molar-refractivity contribution is -0.120. The van der Waals surface area contributed by atoms with Crippen LogP contribution in [-0.2, 0) is 15.0 Å². The Morgan fingerprint density at radius 1 is 0.667 bits per heavy atom. The summed E-state index contributed by atoms with van der Waals surface area (Å²) in [6.07, 6.45) is 2.08.